The van der Waals surface area contributed by atoms with Gasteiger partial charge in [-0.3, -0.25) is 0 Å². The molecule has 0 unspecified atom stereocenters. The summed E-state index contributed by atoms with van der Waals surface area (Å²) < 4.78 is 5.14. The van der Waals surface area contributed by atoms with Crippen LogP contribution in [0.3, 0.4) is 0 Å². The Bertz CT molecular complexity index is 506. The first-order valence-electron chi connectivity index (χ1n) is 7.17. The van der Waals surface area contributed by atoms with Crippen LogP contribution in [0.15, 0.2) is 42.7 Å². The number of rotatable bonds is 8. The first kappa shape index (κ1) is 17.3. The summed E-state index contributed by atoms with van der Waals surface area (Å²) in [7, 11) is 1.69. The van der Waals surface area contributed by atoms with Crippen LogP contribution in [0.5, 0.6) is 5.75 Å². The van der Waals surface area contributed by atoms with Crippen molar-refractivity contribution in [3.63, 3.8) is 0 Å². The van der Waals surface area contributed by atoms with E-state index in [1.807, 2.05) is 24.5 Å². The number of aromatic nitrogens is 2. The number of aromatic amines is 1. The highest BCUT2D eigenvalue weighted by Crippen LogP contribution is 2.13. The normalized spacial score (nSPS) is 10.5. The molecule has 2 aromatic rings. The number of ether oxygens (including phenoxy) is 1. The minimum absolute atomic E-state index is 0. The number of unbranched alkanes of at least 4 members (excludes halogenated alkanes) is 3. The summed E-state index contributed by atoms with van der Waals surface area (Å²) in [4.78, 5) is 7.36. The molecule has 0 saturated heterocycles. The predicted molar refractivity (Wildman–Crippen MR) is 90.0 cm³/mol. The molecular formula is C17H23ClN2O. The monoisotopic (exact) mass is 306 g/mol. The lowest BCUT2D eigenvalue weighted by Crippen LogP contribution is -1.87. The molecular weight excluding hydrogens is 284 g/mol. The Morgan fingerprint density at radius 1 is 1.14 bits per heavy atom. The zero-order valence-corrected chi connectivity index (χ0v) is 13.2. The smallest absolute Gasteiger partial charge is 0.118 e. The third-order valence-electron chi connectivity index (χ3n) is 3.27. The number of methoxy groups -OCH3 is 1. The highest BCUT2D eigenvalue weighted by atomic mass is 35.5. The first-order chi connectivity index (χ1) is 9.88. The Morgan fingerprint density at radius 3 is 2.62 bits per heavy atom. The number of imidazole rings is 1. The SMILES string of the molecule is COc1ccc(C=CCCCCCc2ncc[nH]2)cc1.Cl. The van der Waals surface area contributed by atoms with Crippen molar-refractivity contribution in [3.8, 4) is 5.75 Å². The number of allylic oxidation sites excluding steroid dienone is 1. The molecule has 0 atom stereocenters. The lowest BCUT2D eigenvalue weighted by Gasteiger charge is -1.99. The van der Waals surface area contributed by atoms with Gasteiger partial charge in [-0.15, -0.1) is 12.4 Å². The van der Waals surface area contributed by atoms with Crippen LogP contribution in [-0.4, -0.2) is 17.1 Å². The molecule has 0 radical (unpaired) electrons. The largest absolute Gasteiger partial charge is 0.497 e. The predicted octanol–water partition coefficient (Wildman–Crippen LogP) is 4.66. The minimum Gasteiger partial charge on any atom is -0.497 e. The van der Waals surface area contributed by atoms with E-state index in [0.29, 0.717) is 0 Å². The number of H-pyrrole nitrogens is 1. The van der Waals surface area contributed by atoms with Crippen molar-refractivity contribution in [1.82, 2.24) is 9.97 Å². The van der Waals surface area contributed by atoms with Crippen LogP contribution in [0.4, 0.5) is 0 Å². The van der Waals surface area contributed by atoms with Crippen LogP contribution in [0, 0.1) is 0 Å². The molecule has 2 rings (SSSR count). The maximum Gasteiger partial charge on any atom is 0.118 e. The van der Waals surface area contributed by atoms with Crippen molar-refractivity contribution >= 4 is 18.5 Å². The molecule has 0 bridgehead atoms. The third kappa shape index (κ3) is 6.50. The van der Waals surface area contributed by atoms with E-state index in [9.17, 15) is 0 Å². The molecule has 0 spiro atoms. The Kier molecular flexibility index (Phi) is 8.29. The van der Waals surface area contributed by atoms with E-state index in [4.69, 9.17) is 4.74 Å². The van der Waals surface area contributed by atoms with Crippen LogP contribution >= 0.6 is 12.4 Å². The lowest BCUT2D eigenvalue weighted by atomic mass is 10.1. The fourth-order valence-electron chi connectivity index (χ4n) is 2.10. The van der Waals surface area contributed by atoms with Crippen LogP contribution in [0.1, 0.15) is 37.1 Å². The first-order valence-corrected chi connectivity index (χ1v) is 7.17. The van der Waals surface area contributed by atoms with E-state index in [1.54, 1.807) is 7.11 Å². The molecule has 1 heterocycles. The molecule has 114 valence electrons. The van der Waals surface area contributed by atoms with Gasteiger partial charge in [0.2, 0.25) is 0 Å². The van der Waals surface area contributed by atoms with E-state index in [1.165, 1.54) is 24.8 Å². The number of halogens is 1. The standard InChI is InChI=1S/C17H22N2O.ClH/c1-20-16-11-9-15(10-12-16)7-5-3-2-4-6-8-17-18-13-14-19-17;/h5,7,9-14H,2-4,6,8H2,1H3,(H,18,19);1H. The Labute approximate surface area is 132 Å². The molecule has 0 amide bonds. The molecule has 0 fully saturated rings. The Morgan fingerprint density at radius 2 is 1.95 bits per heavy atom. The molecule has 3 nitrogen and oxygen atoms in total. The third-order valence-corrected chi connectivity index (χ3v) is 3.27. The second kappa shape index (κ2) is 10.1. The van der Waals surface area contributed by atoms with Gasteiger partial charge in [0.15, 0.2) is 0 Å². The van der Waals surface area contributed by atoms with Gasteiger partial charge in [-0.05, 0) is 37.0 Å². The van der Waals surface area contributed by atoms with Gasteiger partial charge in [0.25, 0.3) is 0 Å². The Hall–Kier alpha value is -1.74. The zero-order chi connectivity index (χ0) is 14.0. The van der Waals surface area contributed by atoms with E-state index >= 15 is 0 Å². The summed E-state index contributed by atoms with van der Waals surface area (Å²) in [5.74, 6) is 2.00. The number of benzene rings is 1. The maximum atomic E-state index is 5.14. The summed E-state index contributed by atoms with van der Waals surface area (Å²) >= 11 is 0. The molecule has 1 N–H and O–H groups in total. The van der Waals surface area contributed by atoms with Gasteiger partial charge in [0.1, 0.15) is 11.6 Å². The minimum atomic E-state index is 0. The molecule has 1 aromatic heterocycles. The second-order valence-corrected chi connectivity index (χ2v) is 4.81. The van der Waals surface area contributed by atoms with Crippen molar-refractivity contribution in [2.45, 2.75) is 32.1 Å². The lowest BCUT2D eigenvalue weighted by molar-refractivity contribution is 0.415. The number of nitrogens with zero attached hydrogens (tertiary/aromatic N) is 1. The molecule has 21 heavy (non-hydrogen) atoms. The summed E-state index contributed by atoms with van der Waals surface area (Å²) in [6.45, 7) is 0. The highest BCUT2D eigenvalue weighted by Gasteiger charge is 1.94. The van der Waals surface area contributed by atoms with Crippen molar-refractivity contribution in [3.05, 3.63) is 54.1 Å². The number of hydrogen-bond donors (Lipinski definition) is 1. The van der Waals surface area contributed by atoms with Gasteiger partial charge in [0, 0.05) is 18.8 Å². The van der Waals surface area contributed by atoms with Crippen LogP contribution in [0.2, 0.25) is 0 Å². The van der Waals surface area contributed by atoms with Gasteiger partial charge in [-0.2, -0.15) is 0 Å². The maximum absolute atomic E-state index is 5.14. The Balaban J connectivity index is 0.00000220. The van der Waals surface area contributed by atoms with Gasteiger partial charge in [0.05, 0.1) is 7.11 Å². The molecule has 0 aliphatic heterocycles. The number of aryl methyl sites for hydroxylation is 1. The van der Waals surface area contributed by atoms with Crippen molar-refractivity contribution in [1.29, 1.82) is 0 Å². The van der Waals surface area contributed by atoms with E-state index in [2.05, 4.69) is 34.3 Å². The van der Waals surface area contributed by atoms with Gasteiger partial charge < -0.3 is 9.72 Å². The van der Waals surface area contributed by atoms with Crippen molar-refractivity contribution in [2.24, 2.45) is 0 Å². The quantitative estimate of drug-likeness (QED) is 0.720. The van der Waals surface area contributed by atoms with Crippen molar-refractivity contribution < 1.29 is 4.74 Å². The summed E-state index contributed by atoms with van der Waals surface area (Å²) in [5.41, 5.74) is 1.22. The molecule has 1 aromatic carbocycles. The average molecular weight is 307 g/mol. The van der Waals surface area contributed by atoms with Crippen LogP contribution < -0.4 is 4.74 Å². The van der Waals surface area contributed by atoms with Gasteiger partial charge in [-0.1, -0.05) is 30.7 Å². The molecule has 0 saturated carbocycles. The van der Waals surface area contributed by atoms with Gasteiger partial charge >= 0.3 is 0 Å². The van der Waals surface area contributed by atoms with E-state index in [-0.39, 0.29) is 12.4 Å². The van der Waals surface area contributed by atoms with Crippen LogP contribution in [0.25, 0.3) is 6.08 Å². The molecule has 0 aliphatic rings. The topological polar surface area (TPSA) is 37.9 Å². The van der Waals surface area contributed by atoms with Crippen molar-refractivity contribution in [2.75, 3.05) is 7.11 Å². The number of hydrogen-bond acceptors (Lipinski definition) is 2. The molecule has 4 heteroatoms. The highest BCUT2D eigenvalue weighted by molar-refractivity contribution is 5.85. The fourth-order valence-corrected chi connectivity index (χ4v) is 2.10. The summed E-state index contributed by atoms with van der Waals surface area (Å²) in [6.07, 6.45) is 14.0. The average Bonchev–Trinajstić information content (AvgIpc) is 3.00. The molecule has 0 aliphatic carbocycles. The zero-order valence-electron chi connectivity index (χ0n) is 12.4. The summed E-state index contributed by atoms with van der Waals surface area (Å²) in [5, 5.41) is 0. The fraction of sp³-hybridized carbons (Fsp3) is 0.353. The van der Waals surface area contributed by atoms with E-state index < -0.39 is 0 Å². The van der Waals surface area contributed by atoms with E-state index in [0.717, 1.165) is 24.4 Å². The second-order valence-electron chi connectivity index (χ2n) is 4.81. The van der Waals surface area contributed by atoms with Gasteiger partial charge in [-0.25, -0.2) is 4.98 Å². The summed E-state index contributed by atoms with van der Waals surface area (Å²) in [6, 6.07) is 8.13. The number of nitrogens with one attached hydrogen (secondary N) is 1. The van der Waals surface area contributed by atoms with Crippen LogP contribution in [-0.2, 0) is 6.42 Å².